The zero-order chi connectivity index (χ0) is 17.4. The van der Waals surface area contributed by atoms with Gasteiger partial charge in [0.05, 0.1) is 0 Å². The molecule has 25 heavy (non-hydrogen) atoms. The highest BCUT2D eigenvalue weighted by Gasteiger charge is 2.34. The number of likely N-dealkylation sites (N-methyl/N-ethyl adjacent to an activating group) is 1. The number of urea groups is 1. The van der Waals surface area contributed by atoms with Crippen LogP contribution in [0.3, 0.4) is 0 Å². The quantitative estimate of drug-likeness (QED) is 0.917. The van der Waals surface area contributed by atoms with Gasteiger partial charge in [-0.3, -0.25) is 0 Å². The Hall–Kier alpha value is -1.75. The molecule has 1 aliphatic carbocycles. The molecule has 1 aromatic carbocycles. The van der Waals surface area contributed by atoms with E-state index >= 15 is 0 Å². The van der Waals surface area contributed by atoms with Gasteiger partial charge < -0.3 is 20.0 Å². The highest BCUT2D eigenvalue weighted by molar-refractivity contribution is 5.75. The third-order valence-electron chi connectivity index (χ3n) is 6.00. The van der Waals surface area contributed by atoms with Crippen molar-refractivity contribution in [3.63, 3.8) is 0 Å². The number of fused-ring (bicyclic) bond motifs is 1. The summed E-state index contributed by atoms with van der Waals surface area (Å²) >= 11 is 0. The average Bonchev–Trinajstić information content (AvgIpc) is 3.37. The maximum Gasteiger partial charge on any atom is 0.318 e. The van der Waals surface area contributed by atoms with Crippen molar-refractivity contribution in [1.29, 1.82) is 0 Å². The summed E-state index contributed by atoms with van der Waals surface area (Å²) in [6.45, 7) is 6.88. The summed E-state index contributed by atoms with van der Waals surface area (Å²) in [4.78, 5) is 19.7. The van der Waals surface area contributed by atoms with Crippen LogP contribution in [0.25, 0.3) is 0 Å². The van der Waals surface area contributed by atoms with Gasteiger partial charge in [0, 0.05) is 51.0 Å². The number of carbonyl (C=O) groups is 1. The normalized spacial score (nSPS) is 27.1. The molecule has 4 rings (SSSR count). The molecule has 136 valence electrons. The fraction of sp³-hybridized carbons (Fsp3) is 0.650. The molecular weight excluding hydrogens is 312 g/mol. The number of hydrogen-bond donors (Lipinski definition) is 1. The van der Waals surface area contributed by atoms with Crippen molar-refractivity contribution in [1.82, 2.24) is 15.1 Å². The van der Waals surface area contributed by atoms with E-state index in [1.165, 1.54) is 37.1 Å². The zero-order valence-corrected chi connectivity index (χ0v) is 15.4. The van der Waals surface area contributed by atoms with Crippen LogP contribution in [0.1, 0.15) is 31.7 Å². The molecule has 5 nitrogen and oxygen atoms in total. The van der Waals surface area contributed by atoms with Crippen LogP contribution in [-0.2, 0) is 6.54 Å². The van der Waals surface area contributed by atoms with E-state index in [1.54, 1.807) is 0 Å². The highest BCUT2D eigenvalue weighted by atomic mass is 16.2. The fourth-order valence-electron chi connectivity index (χ4n) is 4.36. The summed E-state index contributed by atoms with van der Waals surface area (Å²) in [5.74, 6) is 0.613. The lowest BCUT2D eigenvalue weighted by atomic mass is 10.1. The van der Waals surface area contributed by atoms with Crippen molar-refractivity contribution >= 4 is 11.7 Å². The molecule has 0 unspecified atom stereocenters. The summed E-state index contributed by atoms with van der Waals surface area (Å²) in [5, 5.41) is 3.22. The standard InChI is InChI=1S/C20H30N4O/c1-15-12-22(2)19-6-4-3-5-17(19)14-24(15)20(25)21-11-16-9-10-23(13-16)18-7-8-18/h3-6,15-16,18H,7-14H2,1-2H3,(H,21,25)/t15-,16-/m1/s1. The molecule has 1 aromatic rings. The average molecular weight is 342 g/mol. The van der Waals surface area contributed by atoms with Gasteiger partial charge in [0.2, 0.25) is 0 Å². The Labute approximate surface area is 151 Å². The highest BCUT2D eigenvalue weighted by Crippen LogP contribution is 2.31. The third-order valence-corrected chi connectivity index (χ3v) is 6.00. The van der Waals surface area contributed by atoms with Crippen molar-refractivity contribution in [2.75, 3.05) is 38.1 Å². The molecule has 0 aromatic heterocycles. The fourth-order valence-corrected chi connectivity index (χ4v) is 4.36. The zero-order valence-electron chi connectivity index (χ0n) is 15.4. The minimum absolute atomic E-state index is 0.0856. The van der Waals surface area contributed by atoms with Gasteiger partial charge >= 0.3 is 6.03 Å². The minimum atomic E-state index is 0.0856. The first-order valence-electron chi connectivity index (χ1n) is 9.69. The molecule has 1 saturated carbocycles. The van der Waals surface area contributed by atoms with Gasteiger partial charge in [0.1, 0.15) is 0 Å². The van der Waals surface area contributed by atoms with E-state index in [-0.39, 0.29) is 12.1 Å². The van der Waals surface area contributed by atoms with E-state index in [0.717, 1.165) is 25.7 Å². The maximum atomic E-state index is 12.8. The second-order valence-corrected chi connectivity index (χ2v) is 8.05. The monoisotopic (exact) mass is 342 g/mol. The van der Waals surface area contributed by atoms with Gasteiger partial charge in [-0.1, -0.05) is 18.2 Å². The van der Waals surface area contributed by atoms with Gasteiger partial charge in [0.25, 0.3) is 0 Å². The van der Waals surface area contributed by atoms with Gasteiger partial charge in [-0.15, -0.1) is 0 Å². The number of nitrogens with one attached hydrogen (secondary N) is 1. The molecule has 1 saturated heterocycles. The maximum absolute atomic E-state index is 12.8. The van der Waals surface area contributed by atoms with Crippen LogP contribution in [-0.4, -0.2) is 61.1 Å². The minimum Gasteiger partial charge on any atom is -0.372 e. The van der Waals surface area contributed by atoms with E-state index in [9.17, 15) is 4.79 Å². The molecule has 0 radical (unpaired) electrons. The predicted octanol–water partition coefficient (Wildman–Crippen LogP) is 2.52. The Morgan fingerprint density at radius 1 is 1.20 bits per heavy atom. The molecule has 1 N–H and O–H groups in total. The Bertz CT molecular complexity index is 630. The van der Waals surface area contributed by atoms with Crippen LogP contribution >= 0.6 is 0 Å². The first-order chi connectivity index (χ1) is 12.1. The Morgan fingerprint density at radius 2 is 2.00 bits per heavy atom. The summed E-state index contributed by atoms with van der Waals surface area (Å²) in [6.07, 6.45) is 3.96. The lowest BCUT2D eigenvalue weighted by Crippen LogP contribution is -2.48. The van der Waals surface area contributed by atoms with Gasteiger partial charge in [-0.25, -0.2) is 4.79 Å². The number of carbonyl (C=O) groups excluding carboxylic acids is 1. The molecule has 5 heteroatoms. The summed E-state index contributed by atoms with van der Waals surface area (Å²) in [6, 6.07) is 9.54. The van der Waals surface area contributed by atoms with Crippen LogP contribution in [0.5, 0.6) is 0 Å². The molecule has 3 aliphatic rings. The molecule has 2 amide bonds. The van der Waals surface area contributed by atoms with Crippen molar-refractivity contribution in [2.24, 2.45) is 5.92 Å². The van der Waals surface area contributed by atoms with Crippen LogP contribution in [0.2, 0.25) is 0 Å². The molecule has 2 atom stereocenters. The Kier molecular flexibility index (Phi) is 4.59. The second-order valence-electron chi connectivity index (χ2n) is 8.05. The number of rotatable bonds is 3. The Balaban J connectivity index is 1.36. The van der Waals surface area contributed by atoms with Crippen molar-refractivity contribution in [2.45, 2.75) is 44.8 Å². The number of amides is 2. The van der Waals surface area contributed by atoms with E-state index in [0.29, 0.717) is 12.5 Å². The van der Waals surface area contributed by atoms with Crippen molar-refractivity contribution in [3.05, 3.63) is 29.8 Å². The van der Waals surface area contributed by atoms with E-state index in [4.69, 9.17) is 0 Å². The van der Waals surface area contributed by atoms with Gasteiger partial charge in [0.15, 0.2) is 0 Å². The topological polar surface area (TPSA) is 38.8 Å². The van der Waals surface area contributed by atoms with Crippen molar-refractivity contribution < 1.29 is 4.79 Å². The molecular formula is C20H30N4O. The first-order valence-corrected chi connectivity index (χ1v) is 9.69. The van der Waals surface area contributed by atoms with Gasteiger partial charge in [-0.2, -0.15) is 0 Å². The van der Waals surface area contributed by atoms with E-state index in [1.807, 2.05) is 4.90 Å². The number of likely N-dealkylation sites (tertiary alicyclic amines) is 1. The lowest BCUT2D eigenvalue weighted by Gasteiger charge is -2.29. The molecule has 0 bridgehead atoms. The molecule has 2 heterocycles. The van der Waals surface area contributed by atoms with Crippen LogP contribution in [0.4, 0.5) is 10.5 Å². The number of nitrogens with zero attached hydrogens (tertiary/aromatic N) is 3. The van der Waals surface area contributed by atoms with Crippen LogP contribution in [0, 0.1) is 5.92 Å². The third kappa shape index (κ3) is 3.61. The van der Waals surface area contributed by atoms with E-state index in [2.05, 4.69) is 53.4 Å². The largest absolute Gasteiger partial charge is 0.372 e. The summed E-state index contributed by atoms with van der Waals surface area (Å²) in [7, 11) is 2.11. The Morgan fingerprint density at radius 3 is 2.80 bits per heavy atom. The SMILES string of the molecule is C[C@@H]1CN(C)c2ccccc2CN1C(=O)NC[C@H]1CCN(C2CC2)C1. The van der Waals surface area contributed by atoms with Crippen LogP contribution in [0.15, 0.2) is 24.3 Å². The van der Waals surface area contributed by atoms with Crippen LogP contribution < -0.4 is 10.2 Å². The van der Waals surface area contributed by atoms with Crippen molar-refractivity contribution in [3.8, 4) is 0 Å². The molecule has 2 fully saturated rings. The predicted molar refractivity (Wildman–Crippen MR) is 101 cm³/mol. The van der Waals surface area contributed by atoms with E-state index < -0.39 is 0 Å². The lowest BCUT2D eigenvalue weighted by molar-refractivity contribution is 0.176. The number of hydrogen-bond acceptors (Lipinski definition) is 3. The molecule has 0 spiro atoms. The summed E-state index contributed by atoms with van der Waals surface area (Å²) < 4.78 is 0. The smallest absolute Gasteiger partial charge is 0.318 e. The second kappa shape index (κ2) is 6.87. The number of para-hydroxylation sites is 1. The molecule has 2 aliphatic heterocycles. The van der Waals surface area contributed by atoms with Gasteiger partial charge in [-0.05, 0) is 50.3 Å². The first kappa shape index (κ1) is 16.7. The number of anilines is 1. The number of benzene rings is 1. The summed E-state index contributed by atoms with van der Waals surface area (Å²) in [5.41, 5.74) is 2.46.